The summed E-state index contributed by atoms with van der Waals surface area (Å²) >= 11 is 0. The number of sulfone groups is 1. The van der Waals surface area contributed by atoms with Gasteiger partial charge in [0.1, 0.15) is 6.54 Å². The van der Waals surface area contributed by atoms with Crippen LogP contribution in [0.1, 0.15) is 13.3 Å². The van der Waals surface area contributed by atoms with Crippen molar-refractivity contribution in [1.29, 1.82) is 0 Å². The predicted molar refractivity (Wildman–Crippen MR) is 74.1 cm³/mol. The molecule has 21 heavy (non-hydrogen) atoms. The average molecular weight is 325 g/mol. The molecule has 0 atom stereocenters. The second kappa shape index (κ2) is 7.13. The van der Waals surface area contributed by atoms with Gasteiger partial charge in [0.25, 0.3) is 0 Å². The van der Waals surface area contributed by atoms with Crippen LogP contribution in [-0.2, 0) is 9.84 Å². The average Bonchev–Trinajstić information content (AvgIpc) is 2.37. The Kier molecular flexibility index (Phi) is 6.03. The Bertz CT molecular complexity index is 541. The van der Waals surface area contributed by atoms with E-state index in [4.69, 9.17) is 5.11 Å². The number of rotatable bonds is 7. The standard InChI is InChI=1S/C13H18F3NO3S/c1-2-9-21(19,20)12-5-3-11(4-6-12)17(7-8-18)10-13(14,15)16/h3-6,18H,2,7-10H2,1H3. The lowest BCUT2D eigenvalue weighted by Crippen LogP contribution is -2.36. The topological polar surface area (TPSA) is 57.6 Å². The maximum Gasteiger partial charge on any atom is 0.405 e. The normalized spacial score (nSPS) is 12.4. The first-order valence-corrected chi connectivity index (χ1v) is 8.10. The summed E-state index contributed by atoms with van der Waals surface area (Å²) < 4.78 is 61.1. The number of halogens is 3. The van der Waals surface area contributed by atoms with E-state index in [1.54, 1.807) is 6.92 Å². The van der Waals surface area contributed by atoms with Crippen molar-refractivity contribution in [3.05, 3.63) is 24.3 Å². The van der Waals surface area contributed by atoms with E-state index in [1.807, 2.05) is 0 Å². The van der Waals surface area contributed by atoms with Gasteiger partial charge in [-0.2, -0.15) is 13.2 Å². The third-order valence-electron chi connectivity index (χ3n) is 2.77. The maximum atomic E-state index is 12.5. The summed E-state index contributed by atoms with van der Waals surface area (Å²) in [5, 5.41) is 8.84. The highest BCUT2D eigenvalue weighted by atomic mass is 32.2. The number of aliphatic hydroxyl groups excluding tert-OH is 1. The molecule has 1 aromatic rings. The molecule has 0 fully saturated rings. The first-order chi connectivity index (χ1) is 9.69. The van der Waals surface area contributed by atoms with Crippen LogP contribution >= 0.6 is 0 Å². The zero-order chi connectivity index (χ0) is 16.1. The van der Waals surface area contributed by atoms with Crippen LogP contribution in [0.15, 0.2) is 29.2 Å². The molecule has 120 valence electrons. The SMILES string of the molecule is CCCS(=O)(=O)c1ccc(N(CCO)CC(F)(F)F)cc1. The fourth-order valence-electron chi connectivity index (χ4n) is 1.89. The van der Waals surface area contributed by atoms with E-state index in [1.165, 1.54) is 24.3 Å². The number of aliphatic hydroxyl groups is 1. The van der Waals surface area contributed by atoms with Gasteiger partial charge in [0, 0.05) is 12.2 Å². The highest BCUT2D eigenvalue weighted by Crippen LogP contribution is 2.23. The van der Waals surface area contributed by atoms with Crippen LogP contribution in [0.4, 0.5) is 18.9 Å². The minimum atomic E-state index is -4.40. The van der Waals surface area contributed by atoms with Crippen LogP contribution in [0, 0.1) is 0 Å². The van der Waals surface area contributed by atoms with E-state index in [9.17, 15) is 21.6 Å². The third kappa shape index (κ3) is 5.55. The fraction of sp³-hybridized carbons (Fsp3) is 0.538. The van der Waals surface area contributed by atoms with Gasteiger partial charge in [0.05, 0.1) is 17.3 Å². The molecule has 1 rings (SSSR count). The van der Waals surface area contributed by atoms with E-state index in [-0.39, 0.29) is 22.9 Å². The molecule has 8 heteroatoms. The van der Waals surface area contributed by atoms with Gasteiger partial charge < -0.3 is 10.0 Å². The van der Waals surface area contributed by atoms with Crippen LogP contribution in [0.25, 0.3) is 0 Å². The number of nitrogens with zero attached hydrogens (tertiary/aromatic N) is 1. The van der Waals surface area contributed by atoms with Crippen LogP contribution in [-0.4, -0.2) is 45.1 Å². The second-order valence-electron chi connectivity index (χ2n) is 4.57. The van der Waals surface area contributed by atoms with Crippen LogP contribution in [0.5, 0.6) is 0 Å². The van der Waals surface area contributed by atoms with Gasteiger partial charge in [-0.05, 0) is 30.7 Å². The molecule has 4 nitrogen and oxygen atoms in total. The second-order valence-corrected chi connectivity index (χ2v) is 6.68. The minimum Gasteiger partial charge on any atom is -0.395 e. The number of alkyl halides is 3. The van der Waals surface area contributed by atoms with Crippen molar-refractivity contribution < 1.29 is 26.7 Å². The summed E-state index contributed by atoms with van der Waals surface area (Å²) in [5.41, 5.74) is 0.219. The Morgan fingerprint density at radius 1 is 1.19 bits per heavy atom. The summed E-state index contributed by atoms with van der Waals surface area (Å²) in [7, 11) is -3.39. The van der Waals surface area contributed by atoms with Gasteiger partial charge in [-0.25, -0.2) is 8.42 Å². The Hall–Kier alpha value is -1.28. The number of hydrogen-bond donors (Lipinski definition) is 1. The van der Waals surface area contributed by atoms with Crippen molar-refractivity contribution in [2.45, 2.75) is 24.4 Å². The molecule has 0 radical (unpaired) electrons. The summed E-state index contributed by atoms with van der Waals surface area (Å²) in [5.74, 6) is -0.00471. The number of anilines is 1. The molecule has 1 aromatic carbocycles. The molecule has 0 spiro atoms. The van der Waals surface area contributed by atoms with Gasteiger partial charge in [-0.15, -0.1) is 0 Å². The quantitative estimate of drug-likeness (QED) is 0.835. The fourth-order valence-corrected chi connectivity index (χ4v) is 3.21. The van der Waals surface area contributed by atoms with E-state index in [0.717, 1.165) is 4.90 Å². The molecular weight excluding hydrogens is 307 g/mol. The molecule has 0 aliphatic heterocycles. The lowest BCUT2D eigenvalue weighted by atomic mass is 10.3. The van der Waals surface area contributed by atoms with E-state index in [2.05, 4.69) is 0 Å². The lowest BCUT2D eigenvalue weighted by molar-refractivity contribution is -0.119. The van der Waals surface area contributed by atoms with E-state index in [0.29, 0.717) is 6.42 Å². The summed E-state index contributed by atoms with van der Waals surface area (Å²) in [6.45, 7) is -0.0701. The van der Waals surface area contributed by atoms with Crippen LogP contribution in [0.2, 0.25) is 0 Å². The number of benzene rings is 1. The smallest absolute Gasteiger partial charge is 0.395 e. The Balaban J connectivity index is 2.98. The van der Waals surface area contributed by atoms with Crippen molar-refractivity contribution in [3.8, 4) is 0 Å². The Morgan fingerprint density at radius 2 is 1.76 bits per heavy atom. The number of hydrogen-bond acceptors (Lipinski definition) is 4. The molecule has 0 bridgehead atoms. The van der Waals surface area contributed by atoms with Gasteiger partial charge in [-0.1, -0.05) is 6.92 Å². The predicted octanol–water partition coefficient (Wildman–Crippen LogP) is 2.23. The molecule has 0 unspecified atom stereocenters. The lowest BCUT2D eigenvalue weighted by Gasteiger charge is -2.25. The largest absolute Gasteiger partial charge is 0.405 e. The highest BCUT2D eigenvalue weighted by molar-refractivity contribution is 7.91. The molecule has 0 aromatic heterocycles. The Labute approximate surface area is 122 Å². The van der Waals surface area contributed by atoms with Crippen molar-refractivity contribution in [2.24, 2.45) is 0 Å². The molecule has 0 amide bonds. The molecule has 1 N–H and O–H groups in total. The van der Waals surface area contributed by atoms with E-state index >= 15 is 0 Å². The van der Waals surface area contributed by atoms with Gasteiger partial charge in [0.15, 0.2) is 9.84 Å². The summed E-state index contributed by atoms with van der Waals surface area (Å²) in [6, 6.07) is 5.23. The maximum absolute atomic E-state index is 12.5. The van der Waals surface area contributed by atoms with Crippen molar-refractivity contribution >= 4 is 15.5 Å². The molecule has 0 saturated carbocycles. The summed E-state index contributed by atoms with van der Waals surface area (Å²) in [4.78, 5) is 1.04. The van der Waals surface area contributed by atoms with Crippen molar-refractivity contribution in [3.63, 3.8) is 0 Å². The van der Waals surface area contributed by atoms with Crippen molar-refractivity contribution in [2.75, 3.05) is 30.3 Å². The van der Waals surface area contributed by atoms with E-state index < -0.39 is 29.2 Å². The Morgan fingerprint density at radius 3 is 2.19 bits per heavy atom. The molecular formula is C13H18F3NO3S. The van der Waals surface area contributed by atoms with Gasteiger partial charge in [0.2, 0.25) is 0 Å². The molecule has 0 aliphatic carbocycles. The molecule has 0 heterocycles. The zero-order valence-corrected chi connectivity index (χ0v) is 12.4. The minimum absolute atomic E-state index is 0.00471. The molecule has 0 saturated heterocycles. The van der Waals surface area contributed by atoms with Crippen molar-refractivity contribution in [1.82, 2.24) is 0 Å². The van der Waals surface area contributed by atoms with Gasteiger partial charge in [-0.3, -0.25) is 0 Å². The van der Waals surface area contributed by atoms with Crippen LogP contribution in [0.3, 0.4) is 0 Å². The van der Waals surface area contributed by atoms with Crippen LogP contribution < -0.4 is 4.90 Å². The van der Waals surface area contributed by atoms with Gasteiger partial charge >= 0.3 is 6.18 Å². The summed E-state index contributed by atoms with van der Waals surface area (Å²) in [6.07, 6.45) is -3.93. The zero-order valence-electron chi connectivity index (χ0n) is 11.6. The third-order valence-corrected chi connectivity index (χ3v) is 4.71. The molecule has 0 aliphatic rings. The monoisotopic (exact) mass is 325 g/mol. The first-order valence-electron chi connectivity index (χ1n) is 6.45. The first kappa shape index (κ1) is 17.8. The highest BCUT2D eigenvalue weighted by Gasteiger charge is 2.30.